The number of benzene rings is 1. The van der Waals surface area contributed by atoms with Gasteiger partial charge in [0.05, 0.1) is 5.60 Å². The number of anilines is 1. The van der Waals surface area contributed by atoms with Gasteiger partial charge in [0, 0.05) is 13.2 Å². The molecular formula is C23H31N5O. The maximum Gasteiger partial charge on any atom is 0.178 e. The van der Waals surface area contributed by atoms with Crippen LogP contribution in [-0.2, 0) is 11.2 Å². The standard InChI is InChI=1S/C23H31N5O/c1-17-25-26-22-10-9-21(27-28(17)22)24-13-11-19(15-18-7-5-4-6-8-18)20-12-14-29-23(2,3)16-20/h4-10,19-20H,11-16H2,1-3H3,(H,24,27). The molecule has 2 atom stereocenters. The van der Waals surface area contributed by atoms with Crippen LogP contribution in [0.2, 0.25) is 0 Å². The van der Waals surface area contributed by atoms with Crippen molar-refractivity contribution in [3.63, 3.8) is 0 Å². The number of aromatic nitrogens is 4. The lowest BCUT2D eigenvalue weighted by Gasteiger charge is -2.39. The number of nitrogens with one attached hydrogen (secondary N) is 1. The third kappa shape index (κ3) is 4.93. The molecule has 0 radical (unpaired) electrons. The molecule has 0 aliphatic carbocycles. The fourth-order valence-electron chi connectivity index (χ4n) is 4.48. The highest BCUT2D eigenvalue weighted by Crippen LogP contribution is 2.36. The molecule has 1 fully saturated rings. The number of rotatable bonds is 7. The van der Waals surface area contributed by atoms with Gasteiger partial charge in [-0.05, 0) is 76.0 Å². The largest absolute Gasteiger partial charge is 0.376 e. The summed E-state index contributed by atoms with van der Waals surface area (Å²) in [5.74, 6) is 2.96. The molecular weight excluding hydrogens is 362 g/mol. The van der Waals surface area contributed by atoms with Crippen molar-refractivity contribution in [3.8, 4) is 0 Å². The molecule has 0 bridgehead atoms. The van der Waals surface area contributed by atoms with E-state index in [0.717, 1.165) is 56.1 Å². The van der Waals surface area contributed by atoms with Gasteiger partial charge in [-0.3, -0.25) is 0 Å². The average Bonchev–Trinajstić information content (AvgIpc) is 3.08. The lowest BCUT2D eigenvalue weighted by molar-refractivity contribution is -0.0828. The predicted octanol–water partition coefficient (Wildman–Crippen LogP) is 4.30. The number of aryl methyl sites for hydroxylation is 1. The minimum Gasteiger partial charge on any atom is -0.376 e. The molecule has 1 aromatic carbocycles. The number of hydrogen-bond donors (Lipinski definition) is 1. The summed E-state index contributed by atoms with van der Waals surface area (Å²) < 4.78 is 7.76. The predicted molar refractivity (Wildman–Crippen MR) is 115 cm³/mol. The molecule has 1 N–H and O–H groups in total. The van der Waals surface area contributed by atoms with E-state index < -0.39 is 0 Å². The molecule has 2 aromatic heterocycles. The Balaban J connectivity index is 1.43. The summed E-state index contributed by atoms with van der Waals surface area (Å²) >= 11 is 0. The Morgan fingerprint density at radius 2 is 2.00 bits per heavy atom. The number of hydrogen-bond acceptors (Lipinski definition) is 5. The third-order valence-corrected chi connectivity index (χ3v) is 5.98. The third-order valence-electron chi connectivity index (χ3n) is 5.98. The van der Waals surface area contributed by atoms with Gasteiger partial charge in [0.1, 0.15) is 5.82 Å². The van der Waals surface area contributed by atoms with Crippen LogP contribution < -0.4 is 5.32 Å². The van der Waals surface area contributed by atoms with Gasteiger partial charge in [-0.15, -0.1) is 15.3 Å². The Morgan fingerprint density at radius 1 is 1.17 bits per heavy atom. The lowest BCUT2D eigenvalue weighted by atomic mass is 9.76. The first-order chi connectivity index (χ1) is 14.0. The van der Waals surface area contributed by atoms with Crippen LogP contribution in [0.15, 0.2) is 42.5 Å². The van der Waals surface area contributed by atoms with Crippen LogP contribution in [-0.4, -0.2) is 38.6 Å². The fraction of sp³-hybridized carbons (Fsp3) is 0.522. The van der Waals surface area contributed by atoms with Crippen LogP contribution >= 0.6 is 0 Å². The number of nitrogens with zero attached hydrogens (tertiary/aromatic N) is 4. The lowest BCUT2D eigenvalue weighted by Crippen LogP contribution is -2.37. The molecule has 0 saturated carbocycles. The van der Waals surface area contributed by atoms with Gasteiger partial charge in [-0.25, -0.2) is 0 Å². The Hall–Kier alpha value is -2.47. The van der Waals surface area contributed by atoms with Crippen LogP contribution in [0.3, 0.4) is 0 Å². The maximum atomic E-state index is 5.97. The second-order valence-electron chi connectivity index (χ2n) is 8.76. The maximum absolute atomic E-state index is 5.97. The Kier molecular flexibility index (Phi) is 5.81. The van der Waals surface area contributed by atoms with Crippen molar-refractivity contribution in [1.82, 2.24) is 19.8 Å². The molecule has 3 aromatic rings. The molecule has 154 valence electrons. The van der Waals surface area contributed by atoms with Gasteiger partial charge < -0.3 is 10.1 Å². The number of fused-ring (bicyclic) bond motifs is 1. The molecule has 6 heteroatoms. The van der Waals surface area contributed by atoms with E-state index in [4.69, 9.17) is 4.74 Å². The van der Waals surface area contributed by atoms with Crippen molar-refractivity contribution in [1.29, 1.82) is 0 Å². The van der Waals surface area contributed by atoms with Gasteiger partial charge in [0.2, 0.25) is 0 Å². The first-order valence-corrected chi connectivity index (χ1v) is 10.6. The Morgan fingerprint density at radius 3 is 2.79 bits per heavy atom. The first kappa shape index (κ1) is 19.8. The van der Waals surface area contributed by atoms with Crippen LogP contribution in [0, 0.1) is 18.8 Å². The molecule has 1 aliphatic heterocycles. The zero-order valence-corrected chi connectivity index (χ0v) is 17.6. The minimum atomic E-state index is -0.0240. The summed E-state index contributed by atoms with van der Waals surface area (Å²) in [6, 6.07) is 14.8. The van der Waals surface area contributed by atoms with Crippen LogP contribution in [0.4, 0.5) is 5.82 Å². The topological polar surface area (TPSA) is 64.3 Å². The van der Waals surface area contributed by atoms with Crippen molar-refractivity contribution in [2.75, 3.05) is 18.5 Å². The van der Waals surface area contributed by atoms with Crippen LogP contribution in [0.25, 0.3) is 5.65 Å². The van der Waals surface area contributed by atoms with E-state index in [2.05, 4.69) is 64.8 Å². The van der Waals surface area contributed by atoms with Crippen molar-refractivity contribution < 1.29 is 4.74 Å². The second kappa shape index (κ2) is 8.49. The molecule has 6 nitrogen and oxygen atoms in total. The summed E-state index contributed by atoms with van der Waals surface area (Å²) in [6.07, 6.45) is 4.48. The molecule has 4 rings (SSSR count). The first-order valence-electron chi connectivity index (χ1n) is 10.6. The summed E-state index contributed by atoms with van der Waals surface area (Å²) in [6.45, 7) is 8.12. The van der Waals surface area contributed by atoms with E-state index in [0.29, 0.717) is 11.8 Å². The van der Waals surface area contributed by atoms with Crippen molar-refractivity contribution in [3.05, 3.63) is 53.9 Å². The monoisotopic (exact) mass is 393 g/mol. The SMILES string of the molecule is Cc1nnc2ccc(NCCC(Cc3ccccc3)C3CCOC(C)(C)C3)nn12. The van der Waals surface area contributed by atoms with E-state index in [9.17, 15) is 0 Å². The smallest absolute Gasteiger partial charge is 0.178 e. The summed E-state index contributed by atoms with van der Waals surface area (Å²) in [4.78, 5) is 0. The second-order valence-corrected chi connectivity index (χ2v) is 8.76. The average molecular weight is 394 g/mol. The molecule has 1 aliphatic rings. The molecule has 0 amide bonds. The van der Waals surface area contributed by atoms with Gasteiger partial charge in [-0.1, -0.05) is 30.3 Å². The van der Waals surface area contributed by atoms with E-state index in [-0.39, 0.29) is 5.60 Å². The van der Waals surface area contributed by atoms with Gasteiger partial charge in [-0.2, -0.15) is 4.52 Å². The quantitative estimate of drug-likeness (QED) is 0.648. The molecule has 0 spiro atoms. The zero-order valence-electron chi connectivity index (χ0n) is 17.6. The Bertz CT molecular complexity index is 937. The summed E-state index contributed by atoms with van der Waals surface area (Å²) in [5, 5.41) is 16.3. The van der Waals surface area contributed by atoms with Gasteiger partial charge >= 0.3 is 0 Å². The summed E-state index contributed by atoms with van der Waals surface area (Å²) in [5.41, 5.74) is 2.17. The number of ether oxygens (including phenoxy) is 1. The molecule has 29 heavy (non-hydrogen) atoms. The molecule has 3 heterocycles. The zero-order chi connectivity index (χ0) is 20.3. The van der Waals surface area contributed by atoms with E-state index in [1.54, 1.807) is 4.52 Å². The summed E-state index contributed by atoms with van der Waals surface area (Å²) in [7, 11) is 0. The Labute approximate surface area is 172 Å². The molecule has 2 unspecified atom stereocenters. The van der Waals surface area contributed by atoms with Crippen LogP contribution in [0.5, 0.6) is 0 Å². The van der Waals surface area contributed by atoms with Gasteiger partial charge in [0.15, 0.2) is 11.5 Å². The normalized spacial score (nSPS) is 19.9. The highest BCUT2D eigenvalue weighted by atomic mass is 16.5. The van der Waals surface area contributed by atoms with Crippen molar-refractivity contribution in [2.45, 2.75) is 52.1 Å². The molecule has 1 saturated heterocycles. The van der Waals surface area contributed by atoms with Crippen molar-refractivity contribution in [2.24, 2.45) is 11.8 Å². The van der Waals surface area contributed by atoms with Gasteiger partial charge in [0.25, 0.3) is 0 Å². The minimum absolute atomic E-state index is 0.0240. The van der Waals surface area contributed by atoms with E-state index in [1.807, 2.05) is 19.1 Å². The van der Waals surface area contributed by atoms with Crippen LogP contribution in [0.1, 0.15) is 44.5 Å². The highest BCUT2D eigenvalue weighted by Gasteiger charge is 2.33. The highest BCUT2D eigenvalue weighted by molar-refractivity contribution is 5.43. The van der Waals surface area contributed by atoms with Crippen molar-refractivity contribution >= 4 is 11.5 Å². The fourth-order valence-corrected chi connectivity index (χ4v) is 4.48. The van der Waals surface area contributed by atoms with E-state index >= 15 is 0 Å². The van der Waals surface area contributed by atoms with E-state index in [1.165, 1.54) is 5.56 Å².